The summed E-state index contributed by atoms with van der Waals surface area (Å²) in [5, 5.41) is 3.48. The molecule has 0 bridgehead atoms. The molecule has 21 heavy (non-hydrogen) atoms. The van der Waals surface area contributed by atoms with E-state index in [0.29, 0.717) is 6.04 Å². The van der Waals surface area contributed by atoms with Crippen molar-refractivity contribution in [3.8, 4) is 0 Å². The highest BCUT2D eigenvalue weighted by molar-refractivity contribution is 5.59. The van der Waals surface area contributed by atoms with Gasteiger partial charge in [-0.2, -0.15) is 0 Å². The van der Waals surface area contributed by atoms with Gasteiger partial charge in [0, 0.05) is 37.2 Å². The van der Waals surface area contributed by atoms with Gasteiger partial charge in [-0.05, 0) is 54.8 Å². The third-order valence-corrected chi connectivity index (χ3v) is 4.23. The highest BCUT2D eigenvalue weighted by Gasteiger charge is 2.20. The molecule has 110 valence electrons. The maximum atomic E-state index is 4.09. The minimum atomic E-state index is 0.426. The Bertz CT molecular complexity index is 595. The zero-order valence-electron chi connectivity index (χ0n) is 12.8. The maximum absolute atomic E-state index is 4.09. The molecule has 1 aliphatic rings. The molecular formula is C18H23N3. The second kappa shape index (κ2) is 6.27. The van der Waals surface area contributed by atoms with Gasteiger partial charge in [0.15, 0.2) is 0 Å². The Balaban J connectivity index is 1.77. The molecule has 3 rings (SSSR count). The van der Waals surface area contributed by atoms with Crippen LogP contribution < -0.4 is 10.2 Å². The fourth-order valence-electron chi connectivity index (χ4n) is 3.06. The molecule has 0 saturated heterocycles. The summed E-state index contributed by atoms with van der Waals surface area (Å²) in [6, 6.07) is 11.5. The van der Waals surface area contributed by atoms with E-state index in [1.807, 2.05) is 12.4 Å². The molecule has 0 saturated carbocycles. The molecule has 0 spiro atoms. The highest BCUT2D eigenvalue weighted by atomic mass is 15.1. The first-order chi connectivity index (χ1) is 10.3. The number of rotatable bonds is 5. The lowest BCUT2D eigenvalue weighted by Gasteiger charge is -2.20. The van der Waals surface area contributed by atoms with Gasteiger partial charge in [0.25, 0.3) is 0 Å². The van der Waals surface area contributed by atoms with Crippen molar-refractivity contribution < 1.29 is 0 Å². The van der Waals surface area contributed by atoms with Gasteiger partial charge in [-0.3, -0.25) is 4.98 Å². The van der Waals surface area contributed by atoms with E-state index in [2.05, 4.69) is 59.4 Å². The van der Waals surface area contributed by atoms with E-state index < -0.39 is 0 Å². The molecule has 3 nitrogen and oxygen atoms in total. The number of fused-ring (bicyclic) bond motifs is 1. The number of benzene rings is 1. The van der Waals surface area contributed by atoms with Crippen molar-refractivity contribution in [2.75, 3.05) is 18.0 Å². The van der Waals surface area contributed by atoms with Crippen LogP contribution in [-0.2, 0) is 13.0 Å². The number of hydrogen-bond donors (Lipinski definition) is 1. The van der Waals surface area contributed by atoms with Gasteiger partial charge in [-0.1, -0.05) is 19.1 Å². The smallest absolute Gasteiger partial charge is 0.0430 e. The summed E-state index contributed by atoms with van der Waals surface area (Å²) in [5.41, 5.74) is 5.58. The topological polar surface area (TPSA) is 28.2 Å². The van der Waals surface area contributed by atoms with Gasteiger partial charge < -0.3 is 10.2 Å². The summed E-state index contributed by atoms with van der Waals surface area (Å²) >= 11 is 0. The van der Waals surface area contributed by atoms with Crippen LogP contribution in [0.5, 0.6) is 0 Å². The molecule has 0 amide bonds. The lowest BCUT2D eigenvalue weighted by Crippen LogP contribution is -2.20. The van der Waals surface area contributed by atoms with Crippen molar-refractivity contribution in [2.45, 2.75) is 32.9 Å². The summed E-state index contributed by atoms with van der Waals surface area (Å²) in [5.74, 6) is 0. The van der Waals surface area contributed by atoms with E-state index >= 15 is 0 Å². The van der Waals surface area contributed by atoms with Crippen LogP contribution in [0.25, 0.3) is 0 Å². The molecule has 2 aromatic rings. The second-order valence-corrected chi connectivity index (χ2v) is 5.69. The average molecular weight is 281 g/mol. The van der Waals surface area contributed by atoms with Crippen molar-refractivity contribution in [1.82, 2.24) is 10.3 Å². The number of anilines is 1. The van der Waals surface area contributed by atoms with Crippen molar-refractivity contribution in [2.24, 2.45) is 0 Å². The number of aromatic nitrogens is 1. The fraction of sp³-hybridized carbons (Fsp3) is 0.389. The second-order valence-electron chi connectivity index (χ2n) is 5.69. The molecule has 3 heteroatoms. The normalized spacial score (nSPS) is 15.0. The Kier molecular flexibility index (Phi) is 4.20. The number of hydrogen-bond acceptors (Lipinski definition) is 3. The molecule has 1 aromatic heterocycles. The summed E-state index contributed by atoms with van der Waals surface area (Å²) in [4.78, 5) is 6.55. The van der Waals surface area contributed by atoms with E-state index in [1.165, 1.54) is 22.4 Å². The monoisotopic (exact) mass is 281 g/mol. The number of pyridine rings is 1. The predicted octanol–water partition coefficient (Wildman–Crippen LogP) is 3.31. The Morgan fingerprint density at radius 2 is 2.05 bits per heavy atom. The maximum Gasteiger partial charge on any atom is 0.0430 e. The lowest BCUT2D eigenvalue weighted by atomic mass is 10.0. The van der Waals surface area contributed by atoms with Crippen LogP contribution in [0.1, 0.15) is 36.6 Å². The Morgan fingerprint density at radius 1 is 1.24 bits per heavy atom. The minimum absolute atomic E-state index is 0.426. The van der Waals surface area contributed by atoms with Crippen LogP contribution in [0.15, 0.2) is 42.7 Å². The van der Waals surface area contributed by atoms with Crippen molar-refractivity contribution in [1.29, 1.82) is 0 Å². The quantitative estimate of drug-likeness (QED) is 0.911. The Labute approximate surface area is 127 Å². The van der Waals surface area contributed by atoms with E-state index in [1.54, 1.807) is 0 Å². The lowest BCUT2D eigenvalue weighted by molar-refractivity contribution is 0.598. The molecular weight excluding hydrogens is 258 g/mol. The van der Waals surface area contributed by atoms with Crippen LogP contribution in [0, 0.1) is 0 Å². The van der Waals surface area contributed by atoms with E-state index in [-0.39, 0.29) is 0 Å². The molecule has 1 aliphatic heterocycles. The fourth-order valence-corrected chi connectivity index (χ4v) is 3.06. The van der Waals surface area contributed by atoms with Crippen LogP contribution in [0.2, 0.25) is 0 Å². The molecule has 1 atom stereocenters. The Morgan fingerprint density at radius 3 is 2.81 bits per heavy atom. The van der Waals surface area contributed by atoms with Gasteiger partial charge >= 0.3 is 0 Å². The summed E-state index contributed by atoms with van der Waals surface area (Å²) in [6.45, 7) is 7.47. The SMILES string of the molecule is CCNC(C)c1ccc2c(c1)CCN2Cc1ccncc1. The third kappa shape index (κ3) is 3.08. The van der Waals surface area contributed by atoms with Gasteiger partial charge in [0.1, 0.15) is 0 Å². The molecule has 0 radical (unpaired) electrons. The van der Waals surface area contributed by atoms with E-state index in [4.69, 9.17) is 0 Å². The first kappa shape index (κ1) is 14.1. The number of nitrogens with one attached hydrogen (secondary N) is 1. The van der Waals surface area contributed by atoms with Gasteiger partial charge in [0.2, 0.25) is 0 Å². The number of nitrogens with zero attached hydrogens (tertiary/aromatic N) is 2. The van der Waals surface area contributed by atoms with Gasteiger partial charge in [-0.25, -0.2) is 0 Å². The van der Waals surface area contributed by atoms with Crippen LogP contribution in [0.3, 0.4) is 0 Å². The zero-order chi connectivity index (χ0) is 14.7. The largest absolute Gasteiger partial charge is 0.367 e. The summed E-state index contributed by atoms with van der Waals surface area (Å²) in [6.07, 6.45) is 4.88. The molecule has 1 N–H and O–H groups in total. The third-order valence-electron chi connectivity index (χ3n) is 4.23. The zero-order valence-corrected chi connectivity index (χ0v) is 12.8. The standard InChI is InChI=1S/C18H23N3/c1-3-20-14(2)16-4-5-18-17(12-16)8-11-21(18)13-15-6-9-19-10-7-15/h4-7,9-10,12,14,20H,3,8,11,13H2,1-2H3. The Hall–Kier alpha value is -1.87. The van der Waals surface area contributed by atoms with Crippen LogP contribution >= 0.6 is 0 Å². The average Bonchev–Trinajstić information content (AvgIpc) is 2.91. The highest BCUT2D eigenvalue weighted by Crippen LogP contribution is 2.31. The molecule has 0 aliphatic carbocycles. The van der Waals surface area contributed by atoms with Crippen molar-refractivity contribution in [3.05, 3.63) is 59.4 Å². The minimum Gasteiger partial charge on any atom is -0.367 e. The molecule has 1 unspecified atom stereocenters. The molecule has 2 heterocycles. The van der Waals surface area contributed by atoms with Crippen LogP contribution in [0.4, 0.5) is 5.69 Å². The first-order valence-electron chi connectivity index (χ1n) is 7.78. The predicted molar refractivity (Wildman–Crippen MR) is 87.5 cm³/mol. The molecule has 1 aromatic carbocycles. The first-order valence-corrected chi connectivity index (χ1v) is 7.78. The molecule has 0 fully saturated rings. The van der Waals surface area contributed by atoms with Crippen molar-refractivity contribution in [3.63, 3.8) is 0 Å². The van der Waals surface area contributed by atoms with Gasteiger partial charge in [-0.15, -0.1) is 0 Å². The van der Waals surface area contributed by atoms with Crippen molar-refractivity contribution >= 4 is 5.69 Å². The van der Waals surface area contributed by atoms with Gasteiger partial charge in [0.05, 0.1) is 0 Å². The summed E-state index contributed by atoms with van der Waals surface area (Å²) in [7, 11) is 0. The van der Waals surface area contributed by atoms with Crippen LogP contribution in [-0.4, -0.2) is 18.1 Å². The summed E-state index contributed by atoms with van der Waals surface area (Å²) < 4.78 is 0. The van der Waals surface area contributed by atoms with E-state index in [0.717, 1.165) is 26.1 Å². The van der Waals surface area contributed by atoms with E-state index in [9.17, 15) is 0 Å².